The number of aryl methyl sites for hydroxylation is 2. The predicted molar refractivity (Wildman–Crippen MR) is 230 cm³/mol. The Morgan fingerprint density at radius 1 is 0.473 bits per heavy atom. The molecule has 0 fully saturated rings. The second-order valence-corrected chi connectivity index (χ2v) is 15.2. The van der Waals surface area contributed by atoms with Crippen molar-refractivity contribution in [2.75, 3.05) is 0 Å². The average Bonchev–Trinajstić information content (AvgIpc) is 3.75. The van der Waals surface area contributed by atoms with Crippen molar-refractivity contribution in [2.45, 2.75) is 6.92 Å². The fourth-order valence-corrected chi connectivity index (χ4v) is 9.15. The lowest BCUT2D eigenvalue weighted by Crippen LogP contribution is -1.96. The standard InChI is InChI=1S/C50H35N3OS/c1-31-25-37(50-49(41-19-6-9-20-45(41)53(50)2)35-23-24-39-38-17-8-11-22-47(38)55-48(39)30-35)29-42(51-31)33-15-12-16-34(26-33)43-27-36(32-13-4-3-5-14-32)28-44(52-43)40-18-7-10-21-46(40)54/h3-30,54H,1-2H3. The van der Waals surface area contributed by atoms with Crippen molar-refractivity contribution in [1.82, 2.24) is 14.5 Å². The number of phenolic OH excluding ortho intramolecular Hbond substituents is 1. The first-order valence-corrected chi connectivity index (χ1v) is 19.2. The number of rotatable bonds is 6. The molecule has 0 aliphatic carbocycles. The fraction of sp³-hybridized carbons (Fsp3) is 0.0400. The largest absolute Gasteiger partial charge is 0.507 e. The number of nitrogens with zero attached hydrogens (tertiary/aromatic N) is 3. The summed E-state index contributed by atoms with van der Waals surface area (Å²) in [7, 11) is 2.17. The van der Waals surface area contributed by atoms with Gasteiger partial charge in [0.1, 0.15) is 5.75 Å². The van der Waals surface area contributed by atoms with E-state index < -0.39 is 0 Å². The van der Waals surface area contributed by atoms with E-state index in [0.717, 1.165) is 50.6 Å². The molecular formula is C50H35N3OS. The van der Waals surface area contributed by atoms with E-state index in [1.807, 2.05) is 53.8 Å². The summed E-state index contributed by atoms with van der Waals surface area (Å²) in [6.07, 6.45) is 0. The average molecular weight is 726 g/mol. The molecule has 0 saturated heterocycles. The number of aromatic hydroxyl groups is 1. The van der Waals surface area contributed by atoms with Crippen LogP contribution in [0.25, 0.3) is 98.4 Å². The smallest absolute Gasteiger partial charge is 0.124 e. The van der Waals surface area contributed by atoms with Crippen molar-refractivity contribution in [3.05, 3.63) is 176 Å². The van der Waals surface area contributed by atoms with Crippen LogP contribution >= 0.6 is 11.3 Å². The van der Waals surface area contributed by atoms with E-state index in [9.17, 15) is 5.11 Å². The highest BCUT2D eigenvalue weighted by Crippen LogP contribution is 2.44. The van der Waals surface area contributed by atoms with Gasteiger partial charge in [-0.25, -0.2) is 4.98 Å². The van der Waals surface area contributed by atoms with Gasteiger partial charge in [-0.1, -0.05) is 109 Å². The Balaban J connectivity index is 1.12. The Hall–Kier alpha value is -6.82. The Kier molecular flexibility index (Phi) is 7.90. The molecule has 4 aromatic heterocycles. The lowest BCUT2D eigenvalue weighted by molar-refractivity contribution is 0.477. The third-order valence-electron chi connectivity index (χ3n) is 10.6. The number of fused-ring (bicyclic) bond motifs is 4. The summed E-state index contributed by atoms with van der Waals surface area (Å²) in [5, 5.41) is 14.6. The quantitative estimate of drug-likeness (QED) is 0.186. The molecular weight excluding hydrogens is 691 g/mol. The van der Waals surface area contributed by atoms with E-state index in [1.54, 1.807) is 6.07 Å². The summed E-state index contributed by atoms with van der Waals surface area (Å²) < 4.78 is 4.92. The highest BCUT2D eigenvalue weighted by molar-refractivity contribution is 7.25. The van der Waals surface area contributed by atoms with Gasteiger partial charge in [-0.2, -0.15) is 0 Å². The van der Waals surface area contributed by atoms with Crippen molar-refractivity contribution in [3.63, 3.8) is 0 Å². The van der Waals surface area contributed by atoms with Crippen molar-refractivity contribution in [1.29, 1.82) is 0 Å². The molecule has 6 aromatic carbocycles. The van der Waals surface area contributed by atoms with Gasteiger partial charge in [-0.3, -0.25) is 4.98 Å². The molecule has 0 unspecified atom stereocenters. The number of pyridine rings is 2. The molecule has 0 saturated carbocycles. The first kappa shape index (κ1) is 32.8. The number of thiophene rings is 1. The molecule has 0 aliphatic rings. The van der Waals surface area contributed by atoms with Gasteiger partial charge in [0.05, 0.1) is 22.8 Å². The fourth-order valence-electron chi connectivity index (χ4n) is 8.00. The molecule has 1 N–H and O–H groups in total. The van der Waals surface area contributed by atoms with Gasteiger partial charge in [-0.15, -0.1) is 11.3 Å². The van der Waals surface area contributed by atoms with Gasteiger partial charge in [0.15, 0.2) is 0 Å². The maximum Gasteiger partial charge on any atom is 0.124 e. The Labute approximate surface area is 323 Å². The van der Waals surface area contributed by atoms with Crippen molar-refractivity contribution in [2.24, 2.45) is 7.05 Å². The second-order valence-electron chi connectivity index (χ2n) is 14.1. The molecule has 4 nitrogen and oxygen atoms in total. The molecule has 0 aliphatic heterocycles. The van der Waals surface area contributed by atoms with Gasteiger partial charge >= 0.3 is 0 Å². The van der Waals surface area contributed by atoms with Crippen molar-refractivity contribution < 1.29 is 5.11 Å². The van der Waals surface area contributed by atoms with Gasteiger partial charge in [0.2, 0.25) is 0 Å². The summed E-state index contributed by atoms with van der Waals surface area (Å²) in [6.45, 7) is 2.08. The van der Waals surface area contributed by atoms with Crippen molar-refractivity contribution >= 4 is 42.4 Å². The topological polar surface area (TPSA) is 50.9 Å². The maximum atomic E-state index is 10.8. The van der Waals surface area contributed by atoms with Gasteiger partial charge in [0, 0.05) is 71.6 Å². The third kappa shape index (κ3) is 5.77. The van der Waals surface area contributed by atoms with Crippen LogP contribution in [0.15, 0.2) is 170 Å². The summed E-state index contributed by atoms with van der Waals surface area (Å²) in [5.74, 6) is 0.202. The Morgan fingerprint density at radius 3 is 1.96 bits per heavy atom. The minimum Gasteiger partial charge on any atom is -0.507 e. The van der Waals surface area contributed by atoms with Crippen molar-refractivity contribution in [3.8, 4) is 73.0 Å². The number of hydrogen-bond acceptors (Lipinski definition) is 4. The van der Waals surface area contributed by atoms with Crippen LogP contribution in [0.4, 0.5) is 0 Å². The van der Waals surface area contributed by atoms with Crippen LogP contribution in [0.2, 0.25) is 0 Å². The number of para-hydroxylation sites is 2. The molecule has 0 atom stereocenters. The number of aromatic nitrogens is 3. The highest BCUT2D eigenvalue weighted by atomic mass is 32.1. The molecule has 55 heavy (non-hydrogen) atoms. The molecule has 5 heteroatoms. The Bertz CT molecular complexity index is 3080. The summed E-state index contributed by atoms with van der Waals surface area (Å²) in [6, 6.07) is 59.0. The van der Waals surface area contributed by atoms with E-state index >= 15 is 0 Å². The van der Waals surface area contributed by atoms with E-state index in [2.05, 4.69) is 140 Å². The number of benzene rings is 6. The first-order valence-electron chi connectivity index (χ1n) is 18.4. The van der Waals surface area contributed by atoms with E-state index in [0.29, 0.717) is 11.3 Å². The van der Waals surface area contributed by atoms with Crippen LogP contribution in [-0.4, -0.2) is 19.6 Å². The minimum absolute atomic E-state index is 0.202. The van der Waals surface area contributed by atoms with E-state index in [-0.39, 0.29) is 5.75 Å². The number of hydrogen-bond donors (Lipinski definition) is 1. The second kappa shape index (κ2) is 13.2. The van der Waals surface area contributed by atoms with Gasteiger partial charge in [0.25, 0.3) is 0 Å². The van der Waals surface area contributed by atoms with Gasteiger partial charge < -0.3 is 9.67 Å². The zero-order valence-electron chi connectivity index (χ0n) is 30.4. The SMILES string of the molecule is Cc1cc(-c2c(-c3ccc4c(c3)sc3ccccc34)c3ccccc3n2C)cc(-c2cccc(-c3cc(-c4ccccc4)cc(-c4ccccc4O)n3)c2)n1. The molecule has 0 bridgehead atoms. The van der Waals surface area contributed by atoms with Crippen LogP contribution in [0.5, 0.6) is 5.75 Å². The molecule has 10 rings (SSSR count). The van der Waals surface area contributed by atoms with Crippen LogP contribution in [-0.2, 0) is 7.05 Å². The highest BCUT2D eigenvalue weighted by Gasteiger charge is 2.21. The third-order valence-corrected chi connectivity index (χ3v) is 11.7. The van der Waals surface area contributed by atoms with E-state index in [4.69, 9.17) is 9.97 Å². The molecule has 0 radical (unpaired) electrons. The predicted octanol–water partition coefficient (Wildman–Crippen LogP) is 13.4. The normalized spacial score (nSPS) is 11.5. The zero-order chi connectivity index (χ0) is 37.0. The molecule has 0 spiro atoms. The summed E-state index contributed by atoms with van der Waals surface area (Å²) in [5.41, 5.74) is 14.1. The molecule has 10 aromatic rings. The van der Waals surface area contributed by atoms with Gasteiger partial charge in [-0.05, 0) is 84.3 Å². The monoisotopic (exact) mass is 725 g/mol. The lowest BCUT2D eigenvalue weighted by atomic mass is 9.96. The van der Waals surface area contributed by atoms with Crippen LogP contribution in [0.1, 0.15) is 5.69 Å². The maximum absolute atomic E-state index is 10.8. The molecule has 0 amide bonds. The number of phenols is 1. The van der Waals surface area contributed by atoms with Crippen LogP contribution in [0.3, 0.4) is 0 Å². The molecule has 262 valence electrons. The summed E-state index contributed by atoms with van der Waals surface area (Å²) in [4.78, 5) is 10.2. The van der Waals surface area contributed by atoms with Crippen LogP contribution in [0, 0.1) is 6.92 Å². The summed E-state index contributed by atoms with van der Waals surface area (Å²) >= 11 is 1.85. The van der Waals surface area contributed by atoms with Crippen LogP contribution < -0.4 is 0 Å². The zero-order valence-corrected chi connectivity index (χ0v) is 31.2. The minimum atomic E-state index is 0.202. The van der Waals surface area contributed by atoms with E-state index in [1.165, 1.54) is 42.2 Å². The lowest BCUT2D eigenvalue weighted by Gasteiger charge is -2.14. The Morgan fingerprint density at radius 2 is 1.13 bits per heavy atom. The molecule has 4 heterocycles. The first-order chi connectivity index (χ1) is 27.0.